The number of carboxylic acids is 1. The van der Waals surface area contributed by atoms with Crippen LogP contribution in [0, 0.1) is 0 Å². The molecule has 1 heterocycles. The van der Waals surface area contributed by atoms with E-state index in [0.717, 1.165) is 47.4 Å². The number of carbonyl (C=O) groups is 1. The summed E-state index contributed by atoms with van der Waals surface area (Å²) in [6.45, 7) is 2.36. The first kappa shape index (κ1) is 27.1. The maximum Gasteiger partial charge on any atom is 0.335 e. The van der Waals surface area contributed by atoms with Crippen LogP contribution in [-0.2, 0) is 19.6 Å². The average Bonchev–Trinajstić information content (AvgIpc) is 3.42. The normalized spacial score (nSPS) is 14.0. The standard InChI is InChI=1S/C33H37N3O2S/c1-35(20-24-10-14-29(15-11-24)33(37)38)22-32-34-31(23-39-32)28-16-18-30(19-17-28)36(2)21-25-8-12-27(13-9-25)26-6-4-3-5-7-26/h8-19,23,26H,3-7,20-22H2,1-2H3,(H,37,38). The molecule has 1 fully saturated rings. The van der Waals surface area contributed by atoms with Crippen LogP contribution in [0.15, 0.2) is 78.2 Å². The van der Waals surface area contributed by atoms with Crippen molar-refractivity contribution in [2.24, 2.45) is 0 Å². The lowest BCUT2D eigenvalue weighted by Crippen LogP contribution is -2.17. The summed E-state index contributed by atoms with van der Waals surface area (Å²) in [5.41, 5.74) is 7.56. The molecule has 4 aromatic rings. The zero-order chi connectivity index (χ0) is 27.2. The van der Waals surface area contributed by atoms with Gasteiger partial charge in [0.2, 0.25) is 0 Å². The molecule has 202 valence electrons. The molecule has 5 rings (SSSR count). The highest BCUT2D eigenvalue weighted by Crippen LogP contribution is 2.33. The van der Waals surface area contributed by atoms with E-state index in [0.29, 0.717) is 5.56 Å². The second-order valence-corrected chi connectivity index (χ2v) is 11.7. The molecule has 39 heavy (non-hydrogen) atoms. The van der Waals surface area contributed by atoms with Crippen molar-refractivity contribution in [1.82, 2.24) is 9.88 Å². The number of aromatic carboxylic acids is 1. The molecule has 0 atom stereocenters. The number of aromatic nitrogens is 1. The molecule has 5 nitrogen and oxygen atoms in total. The first-order valence-electron chi connectivity index (χ1n) is 13.8. The van der Waals surface area contributed by atoms with Crippen molar-refractivity contribution in [2.75, 3.05) is 19.0 Å². The monoisotopic (exact) mass is 539 g/mol. The largest absolute Gasteiger partial charge is 0.478 e. The molecule has 6 heteroatoms. The van der Waals surface area contributed by atoms with Crippen LogP contribution in [-0.4, -0.2) is 35.1 Å². The fourth-order valence-corrected chi connectivity index (χ4v) is 6.33. The Bertz CT molecular complexity index is 1360. The van der Waals surface area contributed by atoms with Crippen molar-refractivity contribution >= 4 is 23.0 Å². The molecule has 1 aromatic heterocycles. The van der Waals surface area contributed by atoms with Crippen LogP contribution in [0.3, 0.4) is 0 Å². The van der Waals surface area contributed by atoms with Crippen LogP contribution in [0.5, 0.6) is 0 Å². The molecule has 1 aliphatic carbocycles. The van der Waals surface area contributed by atoms with Gasteiger partial charge < -0.3 is 10.0 Å². The maximum atomic E-state index is 11.1. The summed E-state index contributed by atoms with van der Waals surface area (Å²) in [7, 11) is 4.20. The Morgan fingerprint density at radius 3 is 2.15 bits per heavy atom. The molecule has 0 amide bonds. The summed E-state index contributed by atoms with van der Waals surface area (Å²) in [6, 6.07) is 25.0. The van der Waals surface area contributed by atoms with Gasteiger partial charge in [-0.1, -0.05) is 67.8 Å². The van der Waals surface area contributed by atoms with E-state index in [2.05, 4.69) is 77.8 Å². The van der Waals surface area contributed by atoms with Crippen LogP contribution >= 0.6 is 11.3 Å². The van der Waals surface area contributed by atoms with Crippen LogP contribution < -0.4 is 4.90 Å². The smallest absolute Gasteiger partial charge is 0.335 e. The van der Waals surface area contributed by atoms with E-state index in [4.69, 9.17) is 10.1 Å². The lowest BCUT2D eigenvalue weighted by Gasteiger charge is -2.23. The predicted octanol–water partition coefficient (Wildman–Crippen LogP) is 7.82. The number of hydrogen-bond donors (Lipinski definition) is 1. The molecule has 0 unspecified atom stereocenters. The number of carboxylic acid groups (broad SMARTS) is 1. The molecular formula is C33H37N3O2S. The molecule has 3 aromatic carbocycles. The molecule has 1 N–H and O–H groups in total. The third-order valence-electron chi connectivity index (χ3n) is 7.69. The molecule has 0 bridgehead atoms. The summed E-state index contributed by atoms with van der Waals surface area (Å²) in [6.07, 6.45) is 6.82. The van der Waals surface area contributed by atoms with Gasteiger partial charge in [0.25, 0.3) is 0 Å². The van der Waals surface area contributed by atoms with Gasteiger partial charge in [-0.05, 0) is 66.8 Å². The molecule has 0 saturated heterocycles. The van der Waals surface area contributed by atoms with Gasteiger partial charge in [-0.3, -0.25) is 4.90 Å². The van der Waals surface area contributed by atoms with Gasteiger partial charge in [0.15, 0.2) is 0 Å². The minimum Gasteiger partial charge on any atom is -0.478 e. The van der Waals surface area contributed by atoms with Crippen LogP contribution in [0.2, 0.25) is 0 Å². The highest BCUT2D eigenvalue weighted by atomic mass is 32.1. The Labute approximate surface area is 235 Å². The third-order valence-corrected chi connectivity index (χ3v) is 8.52. The zero-order valence-corrected chi connectivity index (χ0v) is 23.7. The minimum atomic E-state index is -0.899. The summed E-state index contributed by atoms with van der Waals surface area (Å²) < 4.78 is 0. The van der Waals surface area contributed by atoms with Gasteiger partial charge in [0.05, 0.1) is 17.8 Å². The van der Waals surface area contributed by atoms with Gasteiger partial charge in [-0.15, -0.1) is 11.3 Å². The summed E-state index contributed by atoms with van der Waals surface area (Å²) in [5.74, 6) is -0.146. The topological polar surface area (TPSA) is 56.7 Å². The minimum absolute atomic E-state index is 0.312. The number of hydrogen-bond acceptors (Lipinski definition) is 5. The second-order valence-electron chi connectivity index (χ2n) is 10.8. The molecular weight excluding hydrogens is 502 g/mol. The Hall–Kier alpha value is -3.48. The van der Waals surface area contributed by atoms with Crippen LogP contribution in [0.4, 0.5) is 5.69 Å². The van der Waals surface area contributed by atoms with E-state index >= 15 is 0 Å². The van der Waals surface area contributed by atoms with E-state index < -0.39 is 5.97 Å². The number of nitrogens with zero attached hydrogens (tertiary/aromatic N) is 3. The first-order chi connectivity index (χ1) is 18.9. The zero-order valence-electron chi connectivity index (χ0n) is 22.8. The highest BCUT2D eigenvalue weighted by Gasteiger charge is 2.15. The summed E-state index contributed by atoms with van der Waals surface area (Å²) >= 11 is 1.67. The van der Waals surface area contributed by atoms with Crippen molar-refractivity contribution in [2.45, 2.75) is 57.7 Å². The van der Waals surface area contributed by atoms with Crippen molar-refractivity contribution in [3.8, 4) is 11.3 Å². The third kappa shape index (κ3) is 7.14. The quantitative estimate of drug-likeness (QED) is 0.223. The number of anilines is 1. The van der Waals surface area contributed by atoms with E-state index in [1.165, 1.54) is 48.9 Å². The lowest BCUT2D eigenvalue weighted by atomic mass is 9.84. The molecule has 0 aliphatic heterocycles. The Morgan fingerprint density at radius 2 is 1.49 bits per heavy atom. The lowest BCUT2D eigenvalue weighted by molar-refractivity contribution is 0.0697. The van der Waals surface area contributed by atoms with Crippen LogP contribution in [0.1, 0.15) is 70.1 Å². The molecule has 0 spiro atoms. The summed E-state index contributed by atoms with van der Waals surface area (Å²) in [5, 5.41) is 12.3. The van der Waals surface area contributed by atoms with Gasteiger partial charge in [0.1, 0.15) is 5.01 Å². The van der Waals surface area contributed by atoms with Gasteiger partial charge in [0, 0.05) is 36.8 Å². The van der Waals surface area contributed by atoms with E-state index in [-0.39, 0.29) is 0 Å². The molecule has 1 saturated carbocycles. The predicted molar refractivity (Wildman–Crippen MR) is 160 cm³/mol. The van der Waals surface area contributed by atoms with Crippen molar-refractivity contribution in [3.63, 3.8) is 0 Å². The first-order valence-corrected chi connectivity index (χ1v) is 14.7. The van der Waals surface area contributed by atoms with E-state index in [9.17, 15) is 4.79 Å². The maximum absolute atomic E-state index is 11.1. The van der Waals surface area contributed by atoms with E-state index in [1.807, 2.05) is 12.1 Å². The van der Waals surface area contributed by atoms with Crippen molar-refractivity contribution in [1.29, 1.82) is 0 Å². The highest BCUT2D eigenvalue weighted by molar-refractivity contribution is 7.09. The number of rotatable bonds is 10. The fourth-order valence-electron chi connectivity index (χ4n) is 5.45. The van der Waals surface area contributed by atoms with Crippen molar-refractivity contribution in [3.05, 3.63) is 105 Å². The van der Waals surface area contributed by atoms with Crippen molar-refractivity contribution < 1.29 is 9.90 Å². The molecule has 0 radical (unpaired) electrons. The number of thiazole rings is 1. The van der Waals surface area contributed by atoms with Crippen LogP contribution in [0.25, 0.3) is 11.3 Å². The van der Waals surface area contributed by atoms with Gasteiger partial charge >= 0.3 is 5.97 Å². The van der Waals surface area contributed by atoms with E-state index in [1.54, 1.807) is 23.5 Å². The fraction of sp³-hybridized carbons (Fsp3) is 0.333. The Balaban J connectivity index is 1.14. The van der Waals surface area contributed by atoms with Gasteiger partial charge in [-0.2, -0.15) is 0 Å². The Morgan fingerprint density at radius 1 is 0.846 bits per heavy atom. The second kappa shape index (κ2) is 12.6. The molecule has 1 aliphatic rings. The SMILES string of the molecule is CN(Cc1ccc(C(=O)O)cc1)Cc1nc(-c2ccc(N(C)Cc3ccc(C4CCCCC4)cc3)cc2)cs1. The average molecular weight is 540 g/mol. The summed E-state index contributed by atoms with van der Waals surface area (Å²) in [4.78, 5) is 20.4. The Kier molecular flexibility index (Phi) is 8.74. The number of benzene rings is 3. The van der Waals surface area contributed by atoms with Gasteiger partial charge in [-0.25, -0.2) is 9.78 Å².